The van der Waals surface area contributed by atoms with Gasteiger partial charge in [0.15, 0.2) is 0 Å². The van der Waals surface area contributed by atoms with Crippen LogP contribution < -0.4 is 21.0 Å². The average molecular weight is 395 g/mol. The number of aromatic nitrogens is 3. The van der Waals surface area contributed by atoms with Gasteiger partial charge in [0, 0.05) is 31.9 Å². The summed E-state index contributed by atoms with van der Waals surface area (Å²) in [6.45, 7) is 5.94. The van der Waals surface area contributed by atoms with Crippen molar-refractivity contribution in [2.75, 3.05) is 47.1 Å². The summed E-state index contributed by atoms with van der Waals surface area (Å²) in [6, 6.07) is 7.67. The Morgan fingerprint density at radius 1 is 0.828 bits per heavy atom. The van der Waals surface area contributed by atoms with Crippen molar-refractivity contribution in [3.8, 4) is 0 Å². The lowest BCUT2D eigenvalue weighted by Crippen LogP contribution is -2.34. The van der Waals surface area contributed by atoms with Crippen LogP contribution in [0.15, 0.2) is 29.4 Å². The summed E-state index contributed by atoms with van der Waals surface area (Å²) < 4.78 is 0. The molecule has 0 aliphatic carbocycles. The van der Waals surface area contributed by atoms with E-state index < -0.39 is 0 Å². The second kappa shape index (κ2) is 9.07. The molecule has 0 atom stereocenters. The molecule has 2 aromatic rings. The molecule has 154 valence electrons. The van der Waals surface area contributed by atoms with E-state index in [0.717, 1.165) is 55.0 Å². The summed E-state index contributed by atoms with van der Waals surface area (Å²) in [4.78, 5) is 18.7. The molecule has 3 N–H and O–H groups in total. The SMILES string of the molecule is CC(=NNc1nc(N2CCCCC2)nc(N2CCCCC2)n1)c1ccc(N)cc1. The molecule has 8 nitrogen and oxygen atoms in total. The Hall–Kier alpha value is -2.90. The number of rotatable bonds is 5. The minimum absolute atomic E-state index is 0.496. The summed E-state index contributed by atoms with van der Waals surface area (Å²) in [5.74, 6) is 2.00. The van der Waals surface area contributed by atoms with Gasteiger partial charge in [-0.25, -0.2) is 5.43 Å². The van der Waals surface area contributed by atoms with E-state index in [1.54, 1.807) is 0 Å². The van der Waals surface area contributed by atoms with E-state index in [-0.39, 0.29) is 0 Å². The standard InChI is InChI=1S/C21H30N8/c1-16(17-8-10-18(22)11-9-17)26-27-19-23-20(28-12-4-2-5-13-28)25-21(24-19)29-14-6-3-7-15-29/h8-11H,2-7,12-15,22H2,1H3,(H,23,24,25,27). The lowest BCUT2D eigenvalue weighted by atomic mass is 10.1. The zero-order chi connectivity index (χ0) is 20.1. The molecule has 0 radical (unpaired) electrons. The molecule has 0 spiro atoms. The summed E-state index contributed by atoms with van der Waals surface area (Å²) in [5, 5.41) is 4.50. The Morgan fingerprint density at radius 2 is 1.34 bits per heavy atom. The van der Waals surface area contributed by atoms with Gasteiger partial charge in [-0.15, -0.1) is 0 Å². The number of nitrogens with one attached hydrogen (secondary N) is 1. The fraction of sp³-hybridized carbons (Fsp3) is 0.524. The Labute approximate surface area is 172 Å². The maximum atomic E-state index is 5.78. The first-order chi connectivity index (χ1) is 14.2. The molecule has 2 aliphatic heterocycles. The monoisotopic (exact) mass is 394 g/mol. The van der Waals surface area contributed by atoms with Crippen molar-refractivity contribution in [1.29, 1.82) is 0 Å². The van der Waals surface area contributed by atoms with Gasteiger partial charge in [0.2, 0.25) is 17.8 Å². The third-order valence-corrected chi connectivity index (χ3v) is 5.54. The molecule has 0 saturated carbocycles. The van der Waals surface area contributed by atoms with E-state index >= 15 is 0 Å². The summed E-state index contributed by atoms with van der Waals surface area (Å²) in [5.41, 5.74) is 11.4. The van der Waals surface area contributed by atoms with Crippen molar-refractivity contribution in [3.63, 3.8) is 0 Å². The van der Waals surface area contributed by atoms with Crippen molar-refractivity contribution in [2.45, 2.75) is 45.4 Å². The summed E-state index contributed by atoms with van der Waals surface area (Å²) in [7, 11) is 0. The molecule has 1 aromatic heterocycles. The average Bonchev–Trinajstić information content (AvgIpc) is 2.79. The molecule has 8 heteroatoms. The van der Waals surface area contributed by atoms with E-state index in [1.807, 2.05) is 31.2 Å². The van der Waals surface area contributed by atoms with Crippen molar-refractivity contribution >= 4 is 29.2 Å². The zero-order valence-electron chi connectivity index (χ0n) is 17.1. The quantitative estimate of drug-likeness (QED) is 0.456. The first-order valence-corrected chi connectivity index (χ1v) is 10.6. The van der Waals surface area contributed by atoms with E-state index in [0.29, 0.717) is 5.95 Å². The van der Waals surface area contributed by atoms with E-state index in [1.165, 1.54) is 38.5 Å². The molecule has 4 rings (SSSR count). The molecule has 0 amide bonds. The van der Waals surface area contributed by atoms with Gasteiger partial charge >= 0.3 is 0 Å². The Morgan fingerprint density at radius 3 is 1.86 bits per heavy atom. The molecule has 2 aliphatic rings. The maximum Gasteiger partial charge on any atom is 0.250 e. The fourth-order valence-electron chi connectivity index (χ4n) is 3.80. The topological polar surface area (TPSA) is 95.6 Å². The molecule has 0 unspecified atom stereocenters. The number of hydrogen-bond acceptors (Lipinski definition) is 8. The molecule has 29 heavy (non-hydrogen) atoms. The molecule has 1 aromatic carbocycles. The number of hydrogen-bond donors (Lipinski definition) is 2. The fourth-order valence-corrected chi connectivity index (χ4v) is 3.80. The molecular weight excluding hydrogens is 364 g/mol. The van der Waals surface area contributed by atoms with E-state index in [9.17, 15) is 0 Å². The van der Waals surface area contributed by atoms with Crippen molar-refractivity contribution in [1.82, 2.24) is 15.0 Å². The van der Waals surface area contributed by atoms with Gasteiger partial charge in [0.25, 0.3) is 0 Å². The lowest BCUT2D eigenvalue weighted by molar-refractivity contribution is 0.556. The van der Waals surface area contributed by atoms with Gasteiger partial charge < -0.3 is 15.5 Å². The largest absolute Gasteiger partial charge is 0.399 e. The number of nitrogens with zero attached hydrogens (tertiary/aromatic N) is 6. The van der Waals surface area contributed by atoms with Gasteiger partial charge in [-0.1, -0.05) is 12.1 Å². The lowest BCUT2D eigenvalue weighted by Gasteiger charge is -2.30. The number of hydrazone groups is 1. The van der Waals surface area contributed by atoms with Crippen LogP contribution in [0, 0.1) is 0 Å². The highest BCUT2D eigenvalue weighted by Gasteiger charge is 2.20. The van der Waals surface area contributed by atoms with Crippen molar-refractivity contribution in [2.24, 2.45) is 5.10 Å². The Kier molecular flexibility index (Phi) is 6.07. The normalized spacial score (nSPS) is 18.0. The highest BCUT2D eigenvalue weighted by molar-refractivity contribution is 5.99. The Bertz CT molecular complexity index is 800. The number of piperidine rings is 2. The predicted molar refractivity (Wildman–Crippen MR) is 119 cm³/mol. The second-order valence-corrected chi connectivity index (χ2v) is 7.79. The smallest absolute Gasteiger partial charge is 0.250 e. The summed E-state index contributed by atoms with van der Waals surface area (Å²) >= 11 is 0. The highest BCUT2D eigenvalue weighted by Crippen LogP contribution is 2.22. The highest BCUT2D eigenvalue weighted by atomic mass is 15.4. The van der Waals surface area contributed by atoms with E-state index in [2.05, 4.69) is 30.3 Å². The number of nitrogen functional groups attached to an aromatic ring is 1. The Balaban J connectivity index is 1.58. The van der Waals surface area contributed by atoms with Crippen LogP contribution in [0.25, 0.3) is 0 Å². The van der Waals surface area contributed by atoms with Gasteiger partial charge in [-0.2, -0.15) is 20.1 Å². The van der Waals surface area contributed by atoms with Gasteiger partial charge in [-0.3, -0.25) is 0 Å². The van der Waals surface area contributed by atoms with Crippen LogP contribution >= 0.6 is 0 Å². The predicted octanol–water partition coefficient (Wildman–Crippen LogP) is 3.27. The van der Waals surface area contributed by atoms with Gasteiger partial charge in [0.1, 0.15) is 0 Å². The molecule has 2 fully saturated rings. The molecule has 3 heterocycles. The number of nitrogens with two attached hydrogens (primary N) is 1. The first-order valence-electron chi connectivity index (χ1n) is 10.6. The second-order valence-electron chi connectivity index (χ2n) is 7.79. The summed E-state index contributed by atoms with van der Waals surface area (Å²) in [6.07, 6.45) is 7.28. The van der Waals surface area contributed by atoms with Crippen LogP contribution in [-0.2, 0) is 0 Å². The van der Waals surface area contributed by atoms with Crippen LogP contribution in [0.2, 0.25) is 0 Å². The third kappa shape index (κ3) is 4.93. The van der Waals surface area contributed by atoms with Crippen molar-refractivity contribution in [3.05, 3.63) is 29.8 Å². The molecule has 0 bridgehead atoms. The third-order valence-electron chi connectivity index (χ3n) is 5.54. The molecule has 2 saturated heterocycles. The van der Waals surface area contributed by atoms with Gasteiger partial charge in [0.05, 0.1) is 5.71 Å². The van der Waals surface area contributed by atoms with E-state index in [4.69, 9.17) is 10.7 Å². The maximum absolute atomic E-state index is 5.78. The van der Waals surface area contributed by atoms with Crippen LogP contribution in [0.5, 0.6) is 0 Å². The van der Waals surface area contributed by atoms with Crippen LogP contribution in [0.1, 0.15) is 51.0 Å². The number of anilines is 4. The first kappa shape index (κ1) is 19.4. The number of benzene rings is 1. The van der Waals surface area contributed by atoms with Crippen LogP contribution in [-0.4, -0.2) is 46.8 Å². The van der Waals surface area contributed by atoms with Crippen LogP contribution in [0.3, 0.4) is 0 Å². The van der Waals surface area contributed by atoms with Crippen LogP contribution in [0.4, 0.5) is 23.5 Å². The van der Waals surface area contributed by atoms with Gasteiger partial charge in [-0.05, 0) is 63.1 Å². The molecular formula is C21H30N8. The zero-order valence-corrected chi connectivity index (χ0v) is 17.1. The van der Waals surface area contributed by atoms with Crippen molar-refractivity contribution < 1.29 is 0 Å². The minimum Gasteiger partial charge on any atom is -0.399 e. The minimum atomic E-state index is 0.496.